The zero-order valence-electron chi connectivity index (χ0n) is 14.1. The Bertz CT molecular complexity index is 726. The summed E-state index contributed by atoms with van der Waals surface area (Å²) in [6, 6.07) is 1.53. The number of alkyl halides is 3. The van der Waals surface area contributed by atoms with E-state index in [-0.39, 0.29) is 12.1 Å². The van der Waals surface area contributed by atoms with Crippen LogP contribution < -0.4 is 4.90 Å². The van der Waals surface area contributed by atoms with Crippen LogP contribution in [0.4, 0.5) is 19.0 Å². The van der Waals surface area contributed by atoms with E-state index in [1.807, 2.05) is 0 Å². The molecular weight excluding hydrogens is 349 g/mol. The monoisotopic (exact) mass is 368 g/mol. The van der Waals surface area contributed by atoms with E-state index in [4.69, 9.17) is 4.52 Å². The van der Waals surface area contributed by atoms with Crippen LogP contribution in [0.2, 0.25) is 0 Å². The second-order valence-corrected chi connectivity index (χ2v) is 6.75. The molecule has 0 radical (unpaired) electrons. The summed E-state index contributed by atoms with van der Waals surface area (Å²) in [6.45, 7) is 2.29. The molecule has 7 nitrogen and oxygen atoms in total. The van der Waals surface area contributed by atoms with Gasteiger partial charge in [-0.3, -0.25) is 4.90 Å². The molecule has 0 spiro atoms. The van der Waals surface area contributed by atoms with E-state index in [1.54, 1.807) is 0 Å². The van der Waals surface area contributed by atoms with Gasteiger partial charge in [0.1, 0.15) is 17.8 Å². The summed E-state index contributed by atoms with van der Waals surface area (Å²) in [4.78, 5) is 15.8. The lowest BCUT2D eigenvalue weighted by molar-refractivity contribution is -0.141. The third kappa shape index (κ3) is 3.79. The van der Waals surface area contributed by atoms with E-state index >= 15 is 0 Å². The van der Waals surface area contributed by atoms with E-state index in [9.17, 15) is 13.2 Å². The molecule has 1 saturated carbocycles. The maximum Gasteiger partial charge on any atom is 0.433 e. The number of halogens is 3. The fourth-order valence-electron chi connectivity index (χ4n) is 3.49. The van der Waals surface area contributed by atoms with Crippen LogP contribution in [0.5, 0.6) is 0 Å². The van der Waals surface area contributed by atoms with Crippen molar-refractivity contribution in [3.8, 4) is 0 Å². The van der Waals surface area contributed by atoms with Crippen LogP contribution in [-0.2, 0) is 12.7 Å². The predicted molar refractivity (Wildman–Crippen MR) is 85.1 cm³/mol. The van der Waals surface area contributed by atoms with Gasteiger partial charge in [0.2, 0.25) is 6.39 Å². The first-order chi connectivity index (χ1) is 12.5. The molecule has 2 aliphatic rings. The smallest absolute Gasteiger partial charge is 0.350 e. The molecule has 140 valence electrons. The quantitative estimate of drug-likeness (QED) is 0.803. The Kier molecular flexibility index (Phi) is 4.51. The molecule has 0 unspecified atom stereocenters. The Hall–Kier alpha value is -2.23. The zero-order chi connectivity index (χ0) is 18.1. The molecule has 1 aliphatic heterocycles. The SMILES string of the molecule is FC(F)(F)c1cc(N(C2CC2)C2CCN(Cc3ncon3)CC2)ncn1. The molecule has 3 heterocycles. The summed E-state index contributed by atoms with van der Waals surface area (Å²) in [7, 11) is 0. The first-order valence-electron chi connectivity index (χ1n) is 8.66. The fourth-order valence-corrected chi connectivity index (χ4v) is 3.49. The number of rotatable bonds is 5. The second kappa shape index (κ2) is 6.82. The van der Waals surface area contributed by atoms with Crippen molar-refractivity contribution in [1.29, 1.82) is 0 Å². The van der Waals surface area contributed by atoms with Gasteiger partial charge in [-0.2, -0.15) is 18.2 Å². The van der Waals surface area contributed by atoms with Crippen molar-refractivity contribution < 1.29 is 17.7 Å². The molecule has 1 aliphatic carbocycles. The molecule has 0 atom stereocenters. The third-order valence-electron chi connectivity index (χ3n) is 4.87. The molecule has 4 rings (SSSR count). The summed E-state index contributed by atoms with van der Waals surface area (Å²) in [6.07, 6.45) is 1.58. The lowest BCUT2D eigenvalue weighted by Crippen LogP contribution is -2.46. The van der Waals surface area contributed by atoms with Crippen molar-refractivity contribution in [2.45, 2.75) is 50.5 Å². The Morgan fingerprint density at radius 3 is 2.42 bits per heavy atom. The highest BCUT2D eigenvalue weighted by Crippen LogP contribution is 2.37. The maximum atomic E-state index is 13.0. The van der Waals surface area contributed by atoms with Crippen LogP contribution >= 0.6 is 0 Å². The predicted octanol–water partition coefficient (Wildman–Crippen LogP) is 2.51. The Labute approximate surface area is 148 Å². The van der Waals surface area contributed by atoms with Gasteiger partial charge >= 0.3 is 6.18 Å². The first kappa shape index (κ1) is 17.2. The molecular formula is C16H19F3N6O. The molecule has 2 aromatic rings. The second-order valence-electron chi connectivity index (χ2n) is 6.75. The molecule has 2 aromatic heterocycles. The minimum Gasteiger partial charge on any atom is -0.350 e. The van der Waals surface area contributed by atoms with Crippen molar-refractivity contribution >= 4 is 5.82 Å². The van der Waals surface area contributed by atoms with Crippen LogP contribution in [0.25, 0.3) is 0 Å². The van der Waals surface area contributed by atoms with Gasteiger partial charge < -0.3 is 9.42 Å². The van der Waals surface area contributed by atoms with E-state index in [1.165, 1.54) is 6.39 Å². The number of likely N-dealkylation sites (tertiary alicyclic amines) is 1. The Morgan fingerprint density at radius 2 is 1.81 bits per heavy atom. The molecule has 1 saturated heterocycles. The summed E-state index contributed by atoms with van der Waals surface area (Å²) < 4.78 is 43.7. The number of piperidine rings is 1. The highest BCUT2D eigenvalue weighted by Gasteiger charge is 2.39. The largest absolute Gasteiger partial charge is 0.433 e. The summed E-state index contributed by atoms with van der Waals surface area (Å²) >= 11 is 0. The number of anilines is 1. The van der Waals surface area contributed by atoms with E-state index in [0.717, 1.165) is 51.2 Å². The highest BCUT2D eigenvalue weighted by atomic mass is 19.4. The van der Waals surface area contributed by atoms with Crippen molar-refractivity contribution in [1.82, 2.24) is 25.0 Å². The van der Waals surface area contributed by atoms with Gasteiger partial charge in [-0.15, -0.1) is 0 Å². The van der Waals surface area contributed by atoms with Crippen LogP contribution in [0, 0.1) is 0 Å². The standard InChI is InChI=1S/C16H19F3N6O/c17-16(18,19)13-7-15(21-9-20-13)25(11-1-2-11)12-3-5-24(6-4-12)8-14-22-10-26-23-14/h7,9-12H,1-6,8H2. The average Bonchev–Trinajstić information content (AvgIpc) is 3.32. The van der Waals surface area contributed by atoms with Crippen molar-refractivity contribution in [2.75, 3.05) is 18.0 Å². The lowest BCUT2D eigenvalue weighted by Gasteiger charge is -2.39. The molecule has 0 N–H and O–H groups in total. The van der Waals surface area contributed by atoms with Gasteiger partial charge in [-0.05, 0) is 25.7 Å². The van der Waals surface area contributed by atoms with E-state index in [2.05, 4.69) is 29.9 Å². The maximum absolute atomic E-state index is 13.0. The number of hydrogen-bond acceptors (Lipinski definition) is 7. The van der Waals surface area contributed by atoms with Crippen LogP contribution in [0.15, 0.2) is 23.3 Å². The van der Waals surface area contributed by atoms with Gasteiger partial charge in [0, 0.05) is 31.2 Å². The average molecular weight is 368 g/mol. The molecule has 2 fully saturated rings. The Balaban J connectivity index is 1.45. The van der Waals surface area contributed by atoms with Crippen LogP contribution in [-0.4, -0.2) is 50.2 Å². The van der Waals surface area contributed by atoms with E-state index < -0.39 is 11.9 Å². The highest BCUT2D eigenvalue weighted by molar-refractivity contribution is 5.44. The van der Waals surface area contributed by atoms with Crippen molar-refractivity contribution in [2.24, 2.45) is 0 Å². The normalized spacial score (nSPS) is 19.7. The zero-order valence-corrected chi connectivity index (χ0v) is 14.1. The van der Waals surface area contributed by atoms with Gasteiger partial charge in [-0.1, -0.05) is 5.16 Å². The summed E-state index contributed by atoms with van der Waals surface area (Å²) in [5.74, 6) is 1.03. The van der Waals surface area contributed by atoms with Gasteiger partial charge in [0.15, 0.2) is 5.82 Å². The molecule has 0 bridgehead atoms. The first-order valence-corrected chi connectivity index (χ1v) is 8.66. The summed E-state index contributed by atoms with van der Waals surface area (Å²) in [5.41, 5.74) is -0.886. The van der Waals surface area contributed by atoms with Crippen molar-refractivity contribution in [3.05, 3.63) is 30.3 Å². The van der Waals surface area contributed by atoms with Crippen molar-refractivity contribution in [3.63, 3.8) is 0 Å². The van der Waals surface area contributed by atoms with Gasteiger partial charge in [0.05, 0.1) is 6.54 Å². The van der Waals surface area contributed by atoms with E-state index in [0.29, 0.717) is 18.2 Å². The number of aromatic nitrogens is 4. The number of nitrogens with zero attached hydrogens (tertiary/aromatic N) is 6. The number of hydrogen-bond donors (Lipinski definition) is 0. The molecule has 26 heavy (non-hydrogen) atoms. The van der Waals surface area contributed by atoms with Crippen LogP contribution in [0.3, 0.4) is 0 Å². The fraction of sp³-hybridized carbons (Fsp3) is 0.625. The molecule has 10 heteroatoms. The third-order valence-corrected chi connectivity index (χ3v) is 4.87. The molecule has 0 amide bonds. The molecule has 0 aromatic carbocycles. The Morgan fingerprint density at radius 1 is 1.08 bits per heavy atom. The minimum atomic E-state index is -4.46. The van der Waals surface area contributed by atoms with Gasteiger partial charge in [-0.25, -0.2) is 9.97 Å². The topological polar surface area (TPSA) is 71.2 Å². The van der Waals surface area contributed by atoms with Gasteiger partial charge in [0.25, 0.3) is 0 Å². The van der Waals surface area contributed by atoms with Crippen LogP contribution in [0.1, 0.15) is 37.2 Å². The summed E-state index contributed by atoms with van der Waals surface area (Å²) in [5, 5.41) is 3.82. The minimum absolute atomic E-state index is 0.181. The lowest BCUT2D eigenvalue weighted by atomic mass is 10.0.